The van der Waals surface area contributed by atoms with Gasteiger partial charge in [-0.3, -0.25) is 4.79 Å². The molecular weight excluding hydrogens is 400 g/mol. The van der Waals surface area contributed by atoms with Crippen LogP contribution in [0, 0.1) is 5.92 Å². The Hall–Kier alpha value is -0.330. The standard InChI is InChI=1S/C32H64O/c1-4-6-8-10-11-17-20-23-27-31(3)28-24-21-18-15-13-12-14-16-19-22-26-30-32(33)29-25-9-7-5-2/h31H,4-30H2,1-3H3/t31-/m0/s1. The van der Waals surface area contributed by atoms with E-state index < -0.39 is 0 Å². The summed E-state index contributed by atoms with van der Waals surface area (Å²) in [7, 11) is 0. The lowest BCUT2D eigenvalue weighted by Gasteiger charge is -2.11. The molecule has 0 aliphatic heterocycles. The largest absolute Gasteiger partial charge is 0.300 e. The smallest absolute Gasteiger partial charge is 0.132 e. The fourth-order valence-corrected chi connectivity index (χ4v) is 5.05. The molecule has 0 saturated carbocycles. The lowest BCUT2D eigenvalue weighted by Crippen LogP contribution is -1.97. The van der Waals surface area contributed by atoms with Crippen LogP contribution in [0.15, 0.2) is 0 Å². The second kappa shape index (κ2) is 27.9. The van der Waals surface area contributed by atoms with Crippen molar-refractivity contribution in [2.24, 2.45) is 5.92 Å². The van der Waals surface area contributed by atoms with Gasteiger partial charge in [0.2, 0.25) is 0 Å². The van der Waals surface area contributed by atoms with Crippen LogP contribution in [0.2, 0.25) is 0 Å². The Morgan fingerprint density at radius 2 is 0.697 bits per heavy atom. The van der Waals surface area contributed by atoms with Gasteiger partial charge in [-0.25, -0.2) is 0 Å². The molecule has 0 N–H and O–H groups in total. The van der Waals surface area contributed by atoms with Gasteiger partial charge in [0, 0.05) is 12.8 Å². The Kier molecular flexibility index (Phi) is 27.6. The average Bonchev–Trinajstić information content (AvgIpc) is 2.81. The fourth-order valence-electron chi connectivity index (χ4n) is 5.05. The predicted molar refractivity (Wildman–Crippen MR) is 150 cm³/mol. The first kappa shape index (κ1) is 32.7. The fraction of sp³-hybridized carbons (Fsp3) is 0.969. The third-order valence-corrected chi connectivity index (χ3v) is 7.51. The first-order chi connectivity index (χ1) is 16.2. The average molecular weight is 465 g/mol. The number of rotatable bonds is 28. The van der Waals surface area contributed by atoms with Gasteiger partial charge < -0.3 is 0 Å². The molecule has 0 aromatic carbocycles. The van der Waals surface area contributed by atoms with Gasteiger partial charge in [0.05, 0.1) is 0 Å². The molecule has 0 aliphatic carbocycles. The number of carbonyl (C=O) groups is 1. The van der Waals surface area contributed by atoms with Crippen molar-refractivity contribution in [2.75, 3.05) is 0 Å². The van der Waals surface area contributed by atoms with E-state index in [-0.39, 0.29) is 0 Å². The topological polar surface area (TPSA) is 17.1 Å². The monoisotopic (exact) mass is 464 g/mol. The summed E-state index contributed by atoms with van der Waals surface area (Å²) in [6.45, 7) is 7.00. The predicted octanol–water partition coefficient (Wildman–Crippen LogP) is 11.8. The highest BCUT2D eigenvalue weighted by Gasteiger charge is 2.03. The highest BCUT2D eigenvalue weighted by molar-refractivity contribution is 5.78. The van der Waals surface area contributed by atoms with Crippen LogP contribution in [0.1, 0.15) is 194 Å². The van der Waals surface area contributed by atoms with Gasteiger partial charge in [-0.15, -0.1) is 0 Å². The van der Waals surface area contributed by atoms with Gasteiger partial charge in [-0.2, -0.15) is 0 Å². The van der Waals surface area contributed by atoms with Crippen LogP contribution >= 0.6 is 0 Å². The molecule has 0 unspecified atom stereocenters. The number of hydrogen-bond donors (Lipinski definition) is 0. The molecule has 0 radical (unpaired) electrons. The summed E-state index contributed by atoms with van der Waals surface area (Å²) in [6, 6.07) is 0. The number of carbonyl (C=O) groups excluding carboxylic acids is 1. The van der Waals surface area contributed by atoms with Crippen molar-refractivity contribution in [3.8, 4) is 0 Å². The van der Waals surface area contributed by atoms with E-state index in [1.807, 2.05) is 0 Å². The SMILES string of the molecule is CCCCCCCCCC[C@H](C)CCCCCCCCCCCCCC(=O)CCCCCC. The van der Waals surface area contributed by atoms with E-state index in [0.29, 0.717) is 5.78 Å². The van der Waals surface area contributed by atoms with Crippen molar-refractivity contribution in [2.45, 2.75) is 194 Å². The van der Waals surface area contributed by atoms with E-state index in [4.69, 9.17) is 0 Å². The van der Waals surface area contributed by atoms with Crippen molar-refractivity contribution in [1.82, 2.24) is 0 Å². The summed E-state index contributed by atoms with van der Waals surface area (Å²) in [5.41, 5.74) is 0. The van der Waals surface area contributed by atoms with Crippen molar-refractivity contribution in [3.05, 3.63) is 0 Å². The molecule has 0 spiro atoms. The Labute approximate surface area is 210 Å². The van der Waals surface area contributed by atoms with Crippen LogP contribution in [-0.2, 0) is 4.79 Å². The third kappa shape index (κ3) is 27.8. The van der Waals surface area contributed by atoms with E-state index in [2.05, 4.69) is 20.8 Å². The van der Waals surface area contributed by atoms with Crippen LogP contribution < -0.4 is 0 Å². The van der Waals surface area contributed by atoms with Crippen molar-refractivity contribution >= 4 is 5.78 Å². The number of Topliss-reactive ketones (excluding diaryl/α,β-unsaturated/α-hetero) is 1. The third-order valence-electron chi connectivity index (χ3n) is 7.51. The van der Waals surface area contributed by atoms with Crippen molar-refractivity contribution in [1.29, 1.82) is 0 Å². The lowest BCUT2D eigenvalue weighted by atomic mass is 9.95. The minimum Gasteiger partial charge on any atom is -0.300 e. The summed E-state index contributed by atoms with van der Waals surface area (Å²) in [4.78, 5) is 11.8. The van der Waals surface area contributed by atoms with Gasteiger partial charge in [-0.1, -0.05) is 168 Å². The summed E-state index contributed by atoms with van der Waals surface area (Å²) in [5.74, 6) is 1.45. The Morgan fingerprint density at radius 3 is 1.06 bits per heavy atom. The quantitative estimate of drug-likeness (QED) is 0.105. The molecule has 1 heteroatoms. The molecule has 198 valence electrons. The zero-order valence-corrected chi connectivity index (χ0v) is 23.6. The van der Waals surface area contributed by atoms with Crippen molar-refractivity contribution < 1.29 is 4.79 Å². The molecule has 0 heterocycles. The molecule has 0 rings (SSSR count). The number of hydrogen-bond acceptors (Lipinski definition) is 1. The maximum absolute atomic E-state index is 11.8. The maximum atomic E-state index is 11.8. The Morgan fingerprint density at radius 1 is 0.424 bits per heavy atom. The summed E-state index contributed by atoms with van der Waals surface area (Å²) in [5, 5.41) is 0. The lowest BCUT2D eigenvalue weighted by molar-refractivity contribution is -0.119. The van der Waals surface area contributed by atoms with Gasteiger partial charge in [0.1, 0.15) is 5.78 Å². The minimum atomic E-state index is 0.508. The van der Waals surface area contributed by atoms with Gasteiger partial charge in [0.15, 0.2) is 0 Å². The normalized spacial score (nSPS) is 12.3. The first-order valence-electron chi connectivity index (χ1n) is 15.7. The minimum absolute atomic E-state index is 0.508. The van der Waals surface area contributed by atoms with Gasteiger partial charge >= 0.3 is 0 Å². The molecule has 0 saturated heterocycles. The zero-order chi connectivity index (χ0) is 24.2. The molecule has 0 fully saturated rings. The maximum Gasteiger partial charge on any atom is 0.132 e. The summed E-state index contributed by atoms with van der Waals surface area (Å²) >= 11 is 0. The van der Waals surface area contributed by atoms with Crippen molar-refractivity contribution in [3.63, 3.8) is 0 Å². The first-order valence-corrected chi connectivity index (χ1v) is 15.7. The van der Waals surface area contributed by atoms with E-state index in [1.54, 1.807) is 0 Å². The van der Waals surface area contributed by atoms with Crippen LogP contribution in [0.25, 0.3) is 0 Å². The second-order valence-electron chi connectivity index (χ2n) is 11.1. The highest BCUT2D eigenvalue weighted by Crippen LogP contribution is 2.19. The van der Waals surface area contributed by atoms with Crippen LogP contribution in [0.3, 0.4) is 0 Å². The highest BCUT2D eigenvalue weighted by atomic mass is 16.1. The van der Waals surface area contributed by atoms with Gasteiger partial charge in [0.25, 0.3) is 0 Å². The van der Waals surface area contributed by atoms with Crippen LogP contribution in [-0.4, -0.2) is 5.78 Å². The molecule has 0 bridgehead atoms. The second-order valence-corrected chi connectivity index (χ2v) is 11.1. The van der Waals surface area contributed by atoms with E-state index >= 15 is 0 Å². The van der Waals surface area contributed by atoms with E-state index in [1.165, 1.54) is 148 Å². The zero-order valence-electron chi connectivity index (χ0n) is 23.6. The number of unbranched alkanes of at least 4 members (excludes halogenated alkanes) is 20. The molecule has 33 heavy (non-hydrogen) atoms. The summed E-state index contributed by atoms with van der Waals surface area (Å²) in [6.07, 6.45) is 36.2. The molecule has 0 aromatic rings. The molecule has 0 amide bonds. The molecular formula is C32H64O. The van der Waals surface area contributed by atoms with Crippen LogP contribution in [0.4, 0.5) is 0 Å². The van der Waals surface area contributed by atoms with E-state index in [9.17, 15) is 4.79 Å². The Balaban J connectivity index is 3.19. The van der Waals surface area contributed by atoms with E-state index in [0.717, 1.165) is 31.6 Å². The molecule has 0 aromatic heterocycles. The van der Waals surface area contributed by atoms with Gasteiger partial charge in [-0.05, 0) is 18.8 Å². The number of ketones is 1. The molecule has 1 nitrogen and oxygen atoms in total. The molecule has 1 atom stereocenters. The molecule has 0 aliphatic rings. The van der Waals surface area contributed by atoms with Crippen LogP contribution in [0.5, 0.6) is 0 Å². The summed E-state index contributed by atoms with van der Waals surface area (Å²) < 4.78 is 0. The Bertz CT molecular complexity index is 375.